The standard InChI is InChI=1S/C13H12INOS/c1-9-3-5-11(6-4-9)15(2)13(16)10-7-12(14)17-8-10/h3-8H,1-2H3. The molecule has 0 saturated carbocycles. The minimum Gasteiger partial charge on any atom is -0.311 e. The van der Waals surface area contributed by atoms with Crippen molar-refractivity contribution in [1.82, 2.24) is 0 Å². The van der Waals surface area contributed by atoms with E-state index >= 15 is 0 Å². The van der Waals surface area contributed by atoms with Gasteiger partial charge in [-0.3, -0.25) is 4.79 Å². The van der Waals surface area contributed by atoms with Crippen LogP contribution in [0.3, 0.4) is 0 Å². The number of anilines is 1. The van der Waals surface area contributed by atoms with Gasteiger partial charge in [0.1, 0.15) is 0 Å². The van der Waals surface area contributed by atoms with Crippen LogP contribution < -0.4 is 4.90 Å². The quantitative estimate of drug-likeness (QED) is 0.746. The summed E-state index contributed by atoms with van der Waals surface area (Å²) in [6, 6.07) is 9.86. The third-order valence-corrected chi connectivity index (χ3v) is 4.33. The fourth-order valence-corrected chi connectivity index (χ4v) is 2.82. The first-order valence-electron chi connectivity index (χ1n) is 5.16. The molecule has 1 aromatic carbocycles. The Balaban J connectivity index is 2.23. The maximum atomic E-state index is 12.2. The molecule has 1 heterocycles. The van der Waals surface area contributed by atoms with Crippen molar-refractivity contribution in [1.29, 1.82) is 0 Å². The Kier molecular flexibility index (Phi) is 3.83. The highest BCUT2D eigenvalue weighted by molar-refractivity contribution is 14.1. The second-order valence-corrected chi connectivity index (χ2v) is 6.64. The van der Waals surface area contributed by atoms with Gasteiger partial charge < -0.3 is 4.90 Å². The van der Waals surface area contributed by atoms with Gasteiger partial charge in [-0.05, 0) is 47.7 Å². The molecule has 0 atom stereocenters. The minimum absolute atomic E-state index is 0.0352. The Morgan fingerprint density at radius 2 is 1.94 bits per heavy atom. The van der Waals surface area contributed by atoms with Gasteiger partial charge in [0.25, 0.3) is 5.91 Å². The number of nitrogens with zero attached hydrogens (tertiary/aromatic N) is 1. The summed E-state index contributed by atoms with van der Waals surface area (Å²) in [6.45, 7) is 2.03. The molecule has 2 nitrogen and oxygen atoms in total. The zero-order valence-corrected chi connectivity index (χ0v) is 12.6. The fourth-order valence-electron chi connectivity index (χ4n) is 1.50. The van der Waals surface area contributed by atoms with Gasteiger partial charge in [-0.15, -0.1) is 11.3 Å². The summed E-state index contributed by atoms with van der Waals surface area (Å²) in [6.07, 6.45) is 0. The van der Waals surface area contributed by atoms with Crippen molar-refractivity contribution in [3.05, 3.63) is 49.7 Å². The van der Waals surface area contributed by atoms with E-state index in [1.54, 1.807) is 23.3 Å². The molecular formula is C13H12INOS. The van der Waals surface area contributed by atoms with Crippen molar-refractivity contribution in [3.63, 3.8) is 0 Å². The van der Waals surface area contributed by atoms with Crippen LogP contribution in [0.5, 0.6) is 0 Å². The SMILES string of the molecule is Cc1ccc(N(C)C(=O)c2csc(I)c2)cc1. The van der Waals surface area contributed by atoms with Crippen molar-refractivity contribution in [2.45, 2.75) is 6.92 Å². The van der Waals surface area contributed by atoms with Crippen LogP contribution >= 0.6 is 33.9 Å². The highest BCUT2D eigenvalue weighted by Gasteiger charge is 2.14. The first-order chi connectivity index (χ1) is 8.08. The smallest absolute Gasteiger partial charge is 0.258 e. The molecule has 88 valence electrons. The van der Waals surface area contributed by atoms with Crippen LogP contribution in [0.25, 0.3) is 0 Å². The summed E-state index contributed by atoms with van der Waals surface area (Å²) in [5.41, 5.74) is 2.86. The van der Waals surface area contributed by atoms with E-state index in [2.05, 4.69) is 22.6 Å². The molecule has 4 heteroatoms. The van der Waals surface area contributed by atoms with Crippen LogP contribution in [0.1, 0.15) is 15.9 Å². The lowest BCUT2D eigenvalue weighted by molar-refractivity contribution is 0.0993. The van der Waals surface area contributed by atoms with Crippen molar-refractivity contribution in [3.8, 4) is 0 Å². The van der Waals surface area contributed by atoms with Gasteiger partial charge in [-0.1, -0.05) is 17.7 Å². The number of halogens is 1. The van der Waals surface area contributed by atoms with Crippen LogP contribution in [0.15, 0.2) is 35.7 Å². The maximum Gasteiger partial charge on any atom is 0.258 e. The predicted molar refractivity (Wildman–Crippen MR) is 80.9 cm³/mol. The van der Waals surface area contributed by atoms with Crippen molar-refractivity contribution in [2.24, 2.45) is 0 Å². The summed E-state index contributed by atoms with van der Waals surface area (Å²) in [4.78, 5) is 13.9. The molecule has 1 amide bonds. The zero-order chi connectivity index (χ0) is 12.4. The Labute approximate surface area is 118 Å². The lowest BCUT2D eigenvalue weighted by Gasteiger charge is -2.16. The van der Waals surface area contributed by atoms with Gasteiger partial charge in [0.2, 0.25) is 0 Å². The molecule has 0 N–H and O–H groups in total. The molecule has 0 radical (unpaired) electrons. The number of rotatable bonds is 2. The summed E-state index contributed by atoms with van der Waals surface area (Å²) in [7, 11) is 1.80. The highest BCUT2D eigenvalue weighted by atomic mass is 127. The molecule has 0 aliphatic rings. The van der Waals surface area contributed by atoms with E-state index in [1.807, 2.05) is 42.6 Å². The average molecular weight is 357 g/mol. The van der Waals surface area contributed by atoms with E-state index in [4.69, 9.17) is 0 Å². The summed E-state index contributed by atoms with van der Waals surface area (Å²) in [5.74, 6) is 0.0352. The second kappa shape index (κ2) is 5.18. The van der Waals surface area contributed by atoms with Crippen LogP contribution in [-0.2, 0) is 0 Å². The molecule has 2 aromatic rings. The zero-order valence-electron chi connectivity index (χ0n) is 9.61. The molecule has 2 rings (SSSR count). The van der Waals surface area contributed by atoms with Crippen LogP contribution in [0.2, 0.25) is 0 Å². The summed E-state index contributed by atoms with van der Waals surface area (Å²) < 4.78 is 1.13. The number of thiophene rings is 1. The molecule has 0 spiro atoms. The van der Waals surface area contributed by atoms with Gasteiger partial charge in [0.05, 0.1) is 8.45 Å². The van der Waals surface area contributed by atoms with Gasteiger partial charge in [0, 0.05) is 18.1 Å². The summed E-state index contributed by atoms with van der Waals surface area (Å²) in [5, 5.41) is 1.90. The van der Waals surface area contributed by atoms with Crippen molar-refractivity contribution >= 4 is 45.5 Å². The Morgan fingerprint density at radius 3 is 2.47 bits per heavy atom. The molecule has 0 bridgehead atoms. The number of amides is 1. The molecule has 0 aliphatic heterocycles. The third-order valence-electron chi connectivity index (χ3n) is 2.54. The Morgan fingerprint density at radius 1 is 1.29 bits per heavy atom. The van der Waals surface area contributed by atoms with Gasteiger partial charge in [-0.25, -0.2) is 0 Å². The minimum atomic E-state index is 0.0352. The Hall–Kier alpha value is -0.880. The first-order valence-corrected chi connectivity index (χ1v) is 7.12. The van der Waals surface area contributed by atoms with Crippen LogP contribution in [0, 0.1) is 9.81 Å². The van der Waals surface area contributed by atoms with Gasteiger partial charge >= 0.3 is 0 Å². The topological polar surface area (TPSA) is 20.3 Å². The van der Waals surface area contributed by atoms with Crippen molar-refractivity contribution < 1.29 is 4.79 Å². The predicted octanol–water partition coefficient (Wildman–Crippen LogP) is 3.94. The van der Waals surface area contributed by atoms with E-state index in [0.29, 0.717) is 0 Å². The van der Waals surface area contributed by atoms with E-state index in [9.17, 15) is 4.79 Å². The number of hydrogen-bond donors (Lipinski definition) is 0. The van der Waals surface area contributed by atoms with Crippen molar-refractivity contribution in [2.75, 3.05) is 11.9 Å². The highest BCUT2D eigenvalue weighted by Crippen LogP contribution is 2.21. The monoisotopic (exact) mass is 357 g/mol. The normalized spacial score (nSPS) is 10.3. The number of carbonyl (C=O) groups is 1. The fraction of sp³-hybridized carbons (Fsp3) is 0.154. The van der Waals surface area contributed by atoms with Crippen LogP contribution in [-0.4, -0.2) is 13.0 Å². The second-order valence-electron chi connectivity index (χ2n) is 3.84. The van der Waals surface area contributed by atoms with E-state index in [1.165, 1.54) is 5.56 Å². The number of hydrogen-bond acceptors (Lipinski definition) is 2. The largest absolute Gasteiger partial charge is 0.311 e. The third kappa shape index (κ3) is 2.87. The van der Waals surface area contributed by atoms with E-state index in [0.717, 1.165) is 14.1 Å². The Bertz CT molecular complexity index is 533. The first kappa shape index (κ1) is 12.6. The van der Waals surface area contributed by atoms with Gasteiger partial charge in [0.15, 0.2) is 0 Å². The molecule has 0 fully saturated rings. The lowest BCUT2D eigenvalue weighted by Crippen LogP contribution is -2.25. The molecular weight excluding hydrogens is 345 g/mol. The molecule has 1 aromatic heterocycles. The number of aryl methyl sites for hydroxylation is 1. The molecule has 17 heavy (non-hydrogen) atoms. The molecule has 0 unspecified atom stereocenters. The van der Waals surface area contributed by atoms with E-state index in [-0.39, 0.29) is 5.91 Å². The molecule has 0 aliphatic carbocycles. The van der Waals surface area contributed by atoms with Gasteiger partial charge in [-0.2, -0.15) is 0 Å². The summed E-state index contributed by atoms with van der Waals surface area (Å²) >= 11 is 3.81. The molecule has 0 saturated heterocycles. The average Bonchev–Trinajstić information content (AvgIpc) is 2.75. The number of benzene rings is 1. The lowest BCUT2D eigenvalue weighted by atomic mass is 10.2. The maximum absolute atomic E-state index is 12.2. The van der Waals surface area contributed by atoms with E-state index < -0.39 is 0 Å². The number of carbonyl (C=O) groups excluding carboxylic acids is 1. The van der Waals surface area contributed by atoms with Crippen LogP contribution in [0.4, 0.5) is 5.69 Å².